The molecule has 1 saturated heterocycles. The number of carbonyl (C=O) groups is 2. The van der Waals surface area contributed by atoms with Crippen LogP contribution in [0.4, 0.5) is 4.79 Å². The van der Waals surface area contributed by atoms with Crippen LogP contribution in [0.3, 0.4) is 0 Å². The summed E-state index contributed by atoms with van der Waals surface area (Å²) in [5, 5.41) is 2.23. The lowest BCUT2D eigenvalue weighted by molar-refractivity contribution is -0.126. The van der Waals surface area contributed by atoms with Gasteiger partial charge in [0.25, 0.3) is 5.91 Å². The topological polar surface area (TPSA) is 83.6 Å². The van der Waals surface area contributed by atoms with E-state index in [-0.39, 0.29) is 4.67 Å². The molecule has 1 N–H and O–H groups in total. The van der Waals surface area contributed by atoms with Crippen molar-refractivity contribution in [2.75, 3.05) is 0 Å². The van der Waals surface area contributed by atoms with Gasteiger partial charge in [-0.25, -0.2) is 13.9 Å². The molecular weight excluding hydrogens is 183 g/mol. The minimum atomic E-state index is -3.17. The van der Waals surface area contributed by atoms with Gasteiger partial charge in [0.2, 0.25) is 0 Å². The molecule has 0 aromatic rings. The van der Waals surface area contributed by atoms with Crippen LogP contribution in [0.1, 0.15) is 13.8 Å². The zero-order valence-electron chi connectivity index (χ0n) is 6.53. The summed E-state index contributed by atoms with van der Waals surface area (Å²) >= 11 is 0. The highest BCUT2D eigenvalue weighted by Crippen LogP contribution is 2.25. The first kappa shape index (κ1) is 8.93. The highest BCUT2D eigenvalue weighted by Gasteiger charge is 2.47. The predicted molar refractivity (Wildman–Crippen MR) is 37.7 cm³/mol. The lowest BCUT2D eigenvalue weighted by Crippen LogP contribution is -2.39. The number of urea groups is 1. The van der Waals surface area contributed by atoms with Gasteiger partial charge in [0.05, 0.1) is 0 Å². The molecule has 0 saturated carbocycles. The normalized spacial score (nSPS) is 21.0. The fourth-order valence-corrected chi connectivity index (χ4v) is 1.48. The summed E-state index contributed by atoms with van der Waals surface area (Å²) in [7, 11) is -3.17. The molecule has 12 heavy (non-hydrogen) atoms. The van der Waals surface area contributed by atoms with Crippen molar-refractivity contribution in [3.8, 4) is 0 Å². The SMILES string of the molecule is CC1(C)NC(=O)N(P(=O)=O)C1=O. The van der Waals surface area contributed by atoms with E-state index in [1.807, 2.05) is 0 Å². The van der Waals surface area contributed by atoms with Crippen molar-refractivity contribution in [2.45, 2.75) is 19.4 Å². The van der Waals surface area contributed by atoms with Crippen molar-refractivity contribution < 1.29 is 18.7 Å². The molecule has 1 fully saturated rings. The molecule has 7 heteroatoms. The van der Waals surface area contributed by atoms with Gasteiger partial charge >= 0.3 is 13.9 Å². The molecule has 0 unspecified atom stereocenters. The van der Waals surface area contributed by atoms with E-state index in [2.05, 4.69) is 5.32 Å². The van der Waals surface area contributed by atoms with Crippen LogP contribution in [-0.2, 0) is 13.9 Å². The van der Waals surface area contributed by atoms with Crippen molar-refractivity contribution >= 4 is 19.8 Å². The molecule has 1 aliphatic rings. The van der Waals surface area contributed by atoms with Crippen molar-refractivity contribution in [3.05, 3.63) is 0 Å². The molecular formula is C5H7N2O4P. The average molecular weight is 190 g/mol. The predicted octanol–water partition coefficient (Wildman–Crippen LogP) is 0.405. The molecule has 1 heterocycles. The van der Waals surface area contributed by atoms with Gasteiger partial charge in [-0.3, -0.25) is 4.79 Å². The average Bonchev–Trinajstić information content (AvgIpc) is 2.02. The lowest BCUT2D eigenvalue weighted by Gasteiger charge is -2.11. The summed E-state index contributed by atoms with van der Waals surface area (Å²) < 4.78 is 21.0. The first-order valence-corrected chi connectivity index (χ1v) is 4.30. The third-order valence-corrected chi connectivity index (χ3v) is 2.19. The molecule has 0 aliphatic carbocycles. The molecule has 66 valence electrons. The number of rotatable bonds is 1. The van der Waals surface area contributed by atoms with E-state index in [0.717, 1.165) is 0 Å². The van der Waals surface area contributed by atoms with E-state index < -0.39 is 25.3 Å². The van der Waals surface area contributed by atoms with Gasteiger partial charge < -0.3 is 5.32 Å². The van der Waals surface area contributed by atoms with Crippen LogP contribution in [0.5, 0.6) is 0 Å². The minimum absolute atomic E-state index is 0.204. The Bertz CT molecular complexity index is 311. The monoisotopic (exact) mass is 190 g/mol. The minimum Gasteiger partial charge on any atom is -0.323 e. The van der Waals surface area contributed by atoms with Gasteiger partial charge in [0.1, 0.15) is 5.54 Å². The molecule has 3 amide bonds. The van der Waals surface area contributed by atoms with Crippen molar-refractivity contribution in [1.82, 2.24) is 9.99 Å². The first-order valence-electron chi connectivity index (χ1n) is 3.17. The van der Waals surface area contributed by atoms with E-state index in [0.29, 0.717) is 0 Å². The number of hydrogen-bond acceptors (Lipinski definition) is 4. The molecule has 0 atom stereocenters. The standard InChI is InChI=1S/C5H7N2O4P/c1-5(2)3(8)7(12(10)11)4(9)6-5/h1-2H3,(H,6,9). The third-order valence-electron chi connectivity index (χ3n) is 1.50. The summed E-state index contributed by atoms with van der Waals surface area (Å²) in [6.45, 7) is 2.87. The molecule has 0 bridgehead atoms. The van der Waals surface area contributed by atoms with Gasteiger partial charge in [0, 0.05) is 0 Å². The summed E-state index contributed by atoms with van der Waals surface area (Å²) in [5.74, 6) is -0.747. The van der Waals surface area contributed by atoms with Crippen LogP contribution in [0, 0.1) is 0 Å². The van der Waals surface area contributed by atoms with Crippen LogP contribution in [0.2, 0.25) is 0 Å². The number of carbonyl (C=O) groups excluding carboxylic acids is 2. The van der Waals surface area contributed by atoms with Gasteiger partial charge in [-0.2, -0.15) is 4.67 Å². The van der Waals surface area contributed by atoms with Crippen LogP contribution < -0.4 is 5.32 Å². The molecule has 0 spiro atoms. The Labute approximate surface area is 68.8 Å². The third kappa shape index (κ3) is 1.14. The van der Waals surface area contributed by atoms with E-state index in [9.17, 15) is 18.7 Å². The summed E-state index contributed by atoms with van der Waals surface area (Å²) in [6, 6.07) is -0.888. The highest BCUT2D eigenvalue weighted by molar-refractivity contribution is 7.30. The second-order valence-corrected chi connectivity index (χ2v) is 3.79. The van der Waals surface area contributed by atoms with Gasteiger partial charge in [-0.05, 0) is 13.8 Å². The fourth-order valence-electron chi connectivity index (χ4n) is 0.879. The van der Waals surface area contributed by atoms with E-state index >= 15 is 0 Å². The van der Waals surface area contributed by atoms with Crippen LogP contribution in [0.15, 0.2) is 0 Å². The number of amides is 3. The second kappa shape index (κ2) is 2.42. The highest BCUT2D eigenvalue weighted by atomic mass is 31.1. The molecule has 1 rings (SSSR count). The van der Waals surface area contributed by atoms with Crippen molar-refractivity contribution in [1.29, 1.82) is 0 Å². The van der Waals surface area contributed by atoms with Crippen molar-refractivity contribution in [3.63, 3.8) is 0 Å². The maximum Gasteiger partial charge on any atom is 0.437 e. The Morgan fingerprint density at radius 3 is 2.00 bits per heavy atom. The Morgan fingerprint density at radius 1 is 1.33 bits per heavy atom. The summed E-state index contributed by atoms with van der Waals surface area (Å²) in [6.07, 6.45) is 0. The lowest BCUT2D eigenvalue weighted by atomic mass is 10.1. The summed E-state index contributed by atoms with van der Waals surface area (Å²) in [5.41, 5.74) is -1.12. The Kier molecular flexibility index (Phi) is 1.80. The number of hydrogen-bond donors (Lipinski definition) is 1. The first-order chi connectivity index (χ1) is 5.36. The molecule has 1 aliphatic heterocycles. The Hall–Kier alpha value is -1.16. The van der Waals surface area contributed by atoms with E-state index in [1.54, 1.807) is 0 Å². The van der Waals surface area contributed by atoms with Crippen molar-refractivity contribution in [2.24, 2.45) is 0 Å². The van der Waals surface area contributed by atoms with Gasteiger partial charge in [-0.15, -0.1) is 0 Å². The van der Waals surface area contributed by atoms with E-state index in [4.69, 9.17) is 0 Å². The number of nitrogens with one attached hydrogen (secondary N) is 1. The quantitative estimate of drug-likeness (QED) is 0.479. The Balaban J connectivity index is 3.09. The molecule has 0 radical (unpaired) electrons. The van der Waals surface area contributed by atoms with Crippen LogP contribution in [-0.4, -0.2) is 22.1 Å². The zero-order chi connectivity index (χ0) is 9.52. The zero-order valence-corrected chi connectivity index (χ0v) is 7.42. The maximum absolute atomic E-state index is 11.1. The van der Waals surface area contributed by atoms with E-state index in [1.165, 1.54) is 13.8 Å². The van der Waals surface area contributed by atoms with Gasteiger partial charge in [-0.1, -0.05) is 0 Å². The largest absolute Gasteiger partial charge is 0.437 e. The summed E-state index contributed by atoms with van der Waals surface area (Å²) in [4.78, 5) is 22.0. The number of imide groups is 1. The molecule has 6 nitrogen and oxygen atoms in total. The van der Waals surface area contributed by atoms with Crippen LogP contribution in [0.25, 0.3) is 0 Å². The molecule has 0 aromatic carbocycles. The molecule has 0 aromatic heterocycles. The maximum atomic E-state index is 11.1. The smallest absolute Gasteiger partial charge is 0.323 e. The van der Waals surface area contributed by atoms with Gasteiger partial charge in [0.15, 0.2) is 0 Å². The second-order valence-electron chi connectivity index (χ2n) is 2.91. The fraction of sp³-hybridized carbons (Fsp3) is 0.600. The Morgan fingerprint density at radius 2 is 1.83 bits per heavy atom. The number of nitrogens with zero attached hydrogens (tertiary/aromatic N) is 1. The van der Waals surface area contributed by atoms with Crippen LogP contribution >= 0.6 is 7.83 Å².